The molecule has 4 aromatic rings. The number of anilines is 2. The fraction of sp³-hybridized carbons (Fsp3) is 0.385. The van der Waals surface area contributed by atoms with Gasteiger partial charge in [-0.3, -0.25) is 28.8 Å². The maximum Gasteiger partial charge on any atom is 0.331 e. The fourth-order valence-corrected chi connectivity index (χ4v) is 10.2. The van der Waals surface area contributed by atoms with Crippen LogP contribution < -0.4 is 21.3 Å². The number of amides is 4. The smallest absolute Gasteiger partial charge is 0.331 e. The summed E-state index contributed by atoms with van der Waals surface area (Å²) >= 11 is 25.4. The SMILES string of the molecule is CN1Cc2c(Cl)cc(Cl)cc2C(c2ccc(NC(=O)NCCC(=O)C3C(=O)OC(C)(C)OC3=O)cc2)C1.CN1Cc2c(Cl)cc(Cl)cc2C(c2ccc(NC(=O)NCCC(=O)C3C(=O)OC(C)(C)OC3=O)cc2)C1. The Balaban J connectivity index is 0.000000216. The maximum atomic E-state index is 12.3. The van der Waals surface area contributed by atoms with Crippen molar-refractivity contribution in [2.24, 2.45) is 11.8 Å². The lowest BCUT2D eigenvalue weighted by atomic mass is 9.85. The summed E-state index contributed by atoms with van der Waals surface area (Å²) in [5.41, 5.74) is 7.51. The summed E-state index contributed by atoms with van der Waals surface area (Å²) in [7, 11) is 4.07. The number of hydrogen-bond acceptors (Lipinski definition) is 14. The van der Waals surface area contributed by atoms with E-state index in [9.17, 15) is 38.4 Å². The number of halogens is 4. The van der Waals surface area contributed by atoms with Crippen molar-refractivity contribution in [2.45, 2.75) is 77.0 Å². The van der Waals surface area contributed by atoms with E-state index in [-0.39, 0.29) is 37.8 Å². The molecular weight excluding hydrogens is 1040 g/mol. The van der Waals surface area contributed by atoms with Gasteiger partial charge in [-0.25, -0.2) is 9.59 Å². The van der Waals surface area contributed by atoms with Crippen LogP contribution in [-0.4, -0.2) is 109 Å². The number of likely N-dealkylation sites (N-methyl/N-ethyl adjacent to an activating group) is 2. The van der Waals surface area contributed by atoms with Crippen LogP contribution in [-0.2, 0) is 60.8 Å². The molecule has 0 aromatic heterocycles. The molecule has 4 amide bonds. The Hall–Kier alpha value is -6.28. The normalized spacial score (nSPS) is 19.4. The van der Waals surface area contributed by atoms with Crippen LogP contribution >= 0.6 is 46.4 Å². The van der Waals surface area contributed by atoms with Crippen molar-refractivity contribution < 1.29 is 57.3 Å². The van der Waals surface area contributed by atoms with Gasteiger partial charge in [-0.1, -0.05) is 70.7 Å². The Kier molecular flexibility index (Phi) is 17.3. The van der Waals surface area contributed by atoms with E-state index in [0.29, 0.717) is 31.5 Å². The first-order valence-corrected chi connectivity index (χ1v) is 25.0. The van der Waals surface area contributed by atoms with Gasteiger partial charge in [-0.2, -0.15) is 0 Å². The van der Waals surface area contributed by atoms with Gasteiger partial charge in [0.25, 0.3) is 11.6 Å². The maximum absolute atomic E-state index is 12.3. The first-order chi connectivity index (χ1) is 34.9. The number of benzene rings is 4. The molecule has 8 rings (SSSR count). The summed E-state index contributed by atoms with van der Waals surface area (Å²) in [5.74, 6) is -11.1. The van der Waals surface area contributed by atoms with Crippen molar-refractivity contribution in [3.63, 3.8) is 0 Å². The lowest BCUT2D eigenvalue weighted by Crippen LogP contribution is -2.49. The Morgan fingerprint density at radius 1 is 0.541 bits per heavy atom. The molecule has 22 heteroatoms. The van der Waals surface area contributed by atoms with Crippen LogP contribution in [0.1, 0.15) is 85.8 Å². The van der Waals surface area contributed by atoms with E-state index in [0.717, 1.165) is 59.6 Å². The minimum absolute atomic E-state index is 0.0718. The van der Waals surface area contributed by atoms with Crippen molar-refractivity contribution in [2.75, 3.05) is 50.9 Å². The lowest BCUT2D eigenvalue weighted by Gasteiger charge is -2.33. The molecule has 74 heavy (non-hydrogen) atoms. The van der Waals surface area contributed by atoms with Gasteiger partial charge in [0.05, 0.1) is 0 Å². The predicted molar refractivity (Wildman–Crippen MR) is 275 cm³/mol. The van der Waals surface area contributed by atoms with Gasteiger partial charge < -0.3 is 50.0 Å². The third kappa shape index (κ3) is 13.7. The molecule has 4 N–H and O–H groups in total. The molecule has 4 aliphatic heterocycles. The molecule has 4 heterocycles. The van der Waals surface area contributed by atoms with E-state index in [1.54, 1.807) is 36.4 Å². The molecule has 2 fully saturated rings. The largest absolute Gasteiger partial charge is 0.422 e. The van der Waals surface area contributed by atoms with Crippen molar-refractivity contribution >= 4 is 105 Å². The highest BCUT2D eigenvalue weighted by Gasteiger charge is 2.48. The van der Waals surface area contributed by atoms with Gasteiger partial charge in [0, 0.05) is 123 Å². The molecule has 18 nitrogen and oxygen atoms in total. The number of Topliss-reactive ketones (excluding diaryl/α,β-unsaturated/α-hetero) is 2. The molecule has 0 bridgehead atoms. The van der Waals surface area contributed by atoms with Crippen LogP contribution in [0.25, 0.3) is 0 Å². The fourth-order valence-electron chi connectivity index (χ4n) is 9.06. The molecule has 0 spiro atoms. The second-order valence-corrected chi connectivity index (χ2v) is 20.9. The second-order valence-electron chi connectivity index (χ2n) is 19.2. The van der Waals surface area contributed by atoms with Gasteiger partial charge in [-0.15, -0.1) is 0 Å². The highest BCUT2D eigenvalue weighted by Crippen LogP contribution is 2.40. The number of urea groups is 2. The number of carbonyl (C=O) groups excluding carboxylic acids is 8. The third-order valence-corrected chi connectivity index (χ3v) is 13.5. The summed E-state index contributed by atoms with van der Waals surface area (Å²) < 4.78 is 19.8. The Morgan fingerprint density at radius 3 is 1.19 bits per heavy atom. The van der Waals surface area contributed by atoms with Crippen LogP contribution in [0.3, 0.4) is 0 Å². The minimum atomic E-state index is -1.64. The molecule has 2 unspecified atom stereocenters. The second kappa shape index (κ2) is 23.1. The summed E-state index contributed by atoms with van der Waals surface area (Å²) in [5, 5.41) is 13.0. The lowest BCUT2D eigenvalue weighted by molar-refractivity contribution is -0.240. The topological polar surface area (TPSA) is 228 Å². The molecule has 4 aliphatic rings. The third-order valence-electron chi connectivity index (χ3n) is 12.4. The number of nitrogens with one attached hydrogen (secondary N) is 4. The van der Waals surface area contributed by atoms with Gasteiger partial charge in [0.2, 0.25) is 11.8 Å². The molecule has 4 aromatic carbocycles. The molecule has 2 saturated heterocycles. The predicted octanol–water partition coefficient (Wildman–Crippen LogP) is 8.21. The molecule has 392 valence electrons. The number of nitrogens with zero attached hydrogens (tertiary/aromatic N) is 2. The highest BCUT2D eigenvalue weighted by atomic mass is 35.5. The monoisotopic (exact) mass is 1090 g/mol. The van der Waals surface area contributed by atoms with Crippen molar-refractivity contribution in [1.82, 2.24) is 20.4 Å². The molecule has 2 atom stereocenters. The van der Waals surface area contributed by atoms with Gasteiger partial charge in [0.1, 0.15) is 0 Å². The first-order valence-electron chi connectivity index (χ1n) is 23.5. The molecular formula is C52H54Cl4N6O12. The van der Waals surface area contributed by atoms with E-state index in [4.69, 9.17) is 65.4 Å². The Morgan fingerprint density at radius 2 is 0.865 bits per heavy atom. The number of cyclic esters (lactones) is 4. The van der Waals surface area contributed by atoms with Crippen LogP contribution in [0.15, 0.2) is 72.8 Å². The molecule has 0 radical (unpaired) electrons. The van der Waals surface area contributed by atoms with E-state index in [1.807, 2.05) is 50.5 Å². The average molecular weight is 1100 g/mol. The quantitative estimate of drug-likeness (QED) is 0.0775. The van der Waals surface area contributed by atoms with E-state index in [2.05, 4.69) is 31.1 Å². The zero-order valence-electron chi connectivity index (χ0n) is 41.2. The highest BCUT2D eigenvalue weighted by molar-refractivity contribution is 6.36. The summed E-state index contributed by atoms with van der Waals surface area (Å²) in [6, 6.07) is 21.2. The number of esters is 4. The van der Waals surface area contributed by atoms with E-state index < -0.39 is 70.9 Å². The van der Waals surface area contributed by atoms with Crippen molar-refractivity contribution in [1.29, 1.82) is 0 Å². The number of carbonyl (C=O) groups is 8. The van der Waals surface area contributed by atoms with Crippen LogP contribution in [0, 0.1) is 11.8 Å². The first kappa shape index (κ1) is 55.5. The van der Waals surface area contributed by atoms with Gasteiger partial charge in [-0.05, 0) is 96.0 Å². The molecule has 0 aliphatic carbocycles. The number of ketones is 2. The summed E-state index contributed by atoms with van der Waals surface area (Å²) in [6.45, 7) is 8.54. The van der Waals surface area contributed by atoms with Crippen LogP contribution in [0.4, 0.5) is 21.0 Å². The zero-order chi connectivity index (χ0) is 53.8. The van der Waals surface area contributed by atoms with Crippen molar-refractivity contribution in [3.8, 4) is 0 Å². The van der Waals surface area contributed by atoms with E-state index >= 15 is 0 Å². The van der Waals surface area contributed by atoms with Crippen LogP contribution in [0.2, 0.25) is 20.1 Å². The number of ether oxygens (including phenoxy) is 4. The average Bonchev–Trinajstić information content (AvgIpc) is 3.28. The van der Waals surface area contributed by atoms with Crippen LogP contribution in [0.5, 0.6) is 0 Å². The Labute approximate surface area is 446 Å². The minimum Gasteiger partial charge on any atom is -0.422 e. The van der Waals surface area contributed by atoms with Gasteiger partial charge >= 0.3 is 35.9 Å². The van der Waals surface area contributed by atoms with Crippen molar-refractivity contribution in [3.05, 3.63) is 126 Å². The number of fused-ring (bicyclic) bond motifs is 2. The summed E-state index contributed by atoms with van der Waals surface area (Å²) in [6.07, 6.45) is -0.469. The summed E-state index contributed by atoms with van der Waals surface area (Å²) in [4.78, 5) is 102. The molecule has 0 saturated carbocycles. The zero-order valence-corrected chi connectivity index (χ0v) is 44.2. The van der Waals surface area contributed by atoms with E-state index in [1.165, 1.54) is 27.7 Å². The Bertz CT molecular complexity index is 2650. The van der Waals surface area contributed by atoms with Gasteiger partial charge in [0.15, 0.2) is 11.6 Å². The number of rotatable bonds is 12. The number of hydrogen-bond donors (Lipinski definition) is 4. The standard InChI is InChI=1S/2C26H27Cl2N3O6/c2*1-26(2)36-23(33)22(24(34)37-26)21(32)8-9-29-25(35)30-16-6-4-14(5-7-16)18-12-31(3)13-19-17(18)10-15(27)11-20(19)28/h2*4-7,10-11,18,22H,8-9,12-13H2,1-3H3,(H2,29,30,35).